The summed E-state index contributed by atoms with van der Waals surface area (Å²) in [5.41, 5.74) is 5.97. The third kappa shape index (κ3) is 4.70. The Morgan fingerprint density at radius 3 is 2.11 bits per heavy atom. The minimum absolute atomic E-state index is 0.0544. The van der Waals surface area contributed by atoms with Crippen molar-refractivity contribution in [2.75, 3.05) is 26.1 Å². The molecule has 1 heterocycles. The van der Waals surface area contributed by atoms with Crippen molar-refractivity contribution >= 4 is 5.95 Å². The van der Waals surface area contributed by atoms with Crippen LogP contribution in [0.5, 0.6) is 12.0 Å². The highest BCUT2D eigenvalue weighted by Gasteiger charge is 2.09. The van der Waals surface area contributed by atoms with Crippen LogP contribution in [0.4, 0.5) is 5.95 Å². The normalized spacial score (nSPS) is 12.3. The molecule has 1 aromatic heterocycles. The van der Waals surface area contributed by atoms with Gasteiger partial charge < -0.3 is 20.5 Å². The van der Waals surface area contributed by atoms with Crippen LogP contribution in [0, 0.1) is 5.92 Å². The van der Waals surface area contributed by atoms with Gasteiger partial charge in [-0.15, -0.1) is 4.98 Å². The highest BCUT2D eigenvalue weighted by molar-refractivity contribution is 5.27. The maximum atomic E-state index is 5.97. The van der Waals surface area contributed by atoms with Crippen LogP contribution < -0.4 is 20.5 Å². The monoisotopic (exact) mass is 255 g/mol. The molecule has 7 nitrogen and oxygen atoms in total. The topological polar surface area (TPSA) is 95.2 Å². The second kappa shape index (κ2) is 6.95. The molecule has 1 atom stereocenters. The van der Waals surface area contributed by atoms with Crippen LogP contribution in [0.1, 0.15) is 20.3 Å². The highest BCUT2D eigenvalue weighted by Crippen LogP contribution is 2.12. The Morgan fingerprint density at radius 1 is 1.11 bits per heavy atom. The Bertz CT molecular complexity index is 350. The van der Waals surface area contributed by atoms with Gasteiger partial charge in [0.15, 0.2) is 0 Å². The molecule has 102 valence electrons. The van der Waals surface area contributed by atoms with E-state index in [0.29, 0.717) is 18.4 Å². The van der Waals surface area contributed by atoms with E-state index in [0.717, 1.165) is 6.42 Å². The van der Waals surface area contributed by atoms with Crippen molar-refractivity contribution in [2.24, 2.45) is 11.7 Å². The van der Waals surface area contributed by atoms with Gasteiger partial charge in [-0.1, -0.05) is 13.8 Å². The van der Waals surface area contributed by atoms with Gasteiger partial charge in [-0.3, -0.25) is 0 Å². The van der Waals surface area contributed by atoms with Gasteiger partial charge >= 0.3 is 12.0 Å². The largest absolute Gasteiger partial charge is 0.467 e. The van der Waals surface area contributed by atoms with Crippen molar-refractivity contribution in [3.05, 3.63) is 0 Å². The first-order valence-electron chi connectivity index (χ1n) is 5.88. The van der Waals surface area contributed by atoms with Gasteiger partial charge in [0, 0.05) is 12.6 Å². The molecule has 0 saturated carbocycles. The number of rotatable bonds is 7. The molecule has 0 spiro atoms. The SMILES string of the molecule is COc1nc(NCC(N)CC(C)C)nc(OC)n1. The Kier molecular flexibility index (Phi) is 5.57. The lowest BCUT2D eigenvalue weighted by atomic mass is 10.0. The molecule has 1 rings (SSSR count). The van der Waals surface area contributed by atoms with Crippen molar-refractivity contribution in [3.63, 3.8) is 0 Å². The fourth-order valence-corrected chi connectivity index (χ4v) is 1.51. The van der Waals surface area contributed by atoms with Gasteiger partial charge in [0.25, 0.3) is 0 Å². The molecular weight excluding hydrogens is 234 g/mol. The molecule has 0 saturated heterocycles. The highest BCUT2D eigenvalue weighted by atomic mass is 16.5. The molecule has 0 fully saturated rings. The number of nitrogens with zero attached hydrogens (tertiary/aromatic N) is 3. The molecule has 7 heteroatoms. The molecule has 1 unspecified atom stereocenters. The Morgan fingerprint density at radius 2 is 1.67 bits per heavy atom. The van der Waals surface area contributed by atoms with E-state index in [1.165, 1.54) is 14.2 Å². The first kappa shape index (κ1) is 14.4. The van der Waals surface area contributed by atoms with Crippen LogP contribution in [0.25, 0.3) is 0 Å². The average Bonchev–Trinajstić information content (AvgIpc) is 2.35. The third-order valence-corrected chi connectivity index (χ3v) is 2.26. The summed E-state index contributed by atoms with van der Waals surface area (Å²) in [6.07, 6.45) is 0.937. The maximum absolute atomic E-state index is 5.97. The molecule has 0 aliphatic heterocycles. The van der Waals surface area contributed by atoms with Crippen LogP contribution in [0.2, 0.25) is 0 Å². The lowest BCUT2D eigenvalue weighted by Crippen LogP contribution is -2.31. The van der Waals surface area contributed by atoms with Crippen LogP contribution in [0.3, 0.4) is 0 Å². The number of methoxy groups -OCH3 is 2. The Labute approximate surface area is 107 Å². The number of nitrogens with one attached hydrogen (secondary N) is 1. The van der Waals surface area contributed by atoms with Gasteiger partial charge in [-0.2, -0.15) is 9.97 Å². The number of aromatic nitrogens is 3. The zero-order chi connectivity index (χ0) is 13.5. The number of nitrogens with two attached hydrogens (primary N) is 1. The number of hydrogen-bond acceptors (Lipinski definition) is 7. The van der Waals surface area contributed by atoms with E-state index in [2.05, 4.69) is 34.1 Å². The van der Waals surface area contributed by atoms with E-state index in [1.54, 1.807) is 0 Å². The molecule has 1 aromatic rings. The predicted octanol–water partition coefficient (Wildman–Crippen LogP) is 0.674. The van der Waals surface area contributed by atoms with Gasteiger partial charge in [-0.05, 0) is 12.3 Å². The molecule has 0 aliphatic carbocycles. The Balaban J connectivity index is 2.60. The molecule has 3 N–H and O–H groups in total. The summed E-state index contributed by atoms with van der Waals surface area (Å²) in [6, 6.07) is 0.474. The van der Waals surface area contributed by atoms with Gasteiger partial charge in [-0.25, -0.2) is 0 Å². The standard InChI is InChI=1S/C11H21N5O2/c1-7(2)5-8(12)6-13-9-14-10(17-3)16-11(15-9)18-4/h7-8H,5-6,12H2,1-4H3,(H,13,14,15,16). The quantitative estimate of drug-likeness (QED) is 0.739. The molecule has 0 aromatic carbocycles. The minimum atomic E-state index is 0.0544. The van der Waals surface area contributed by atoms with E-state index in [-0.39, 0.29) is 18.1 Å². The van der Waals surface area contributed by atoms with Crippen molar-refractivity contribution in [2.45, 2.75) is 26.3 Å². The van der Waals surface area contributed by atoms with E-state index < -0.39 is 0 Å². The first-order chi connectivity index (χ1) is 8.55. The average molecular weight is 255 g/mol. The fraction of sp³-hybridized carbons (Fsp3) is 0.727. The zero-order valence-electron chi connectivity index (χ0n) is 11.3. The van der Waals surface area contributed by atoms with E-state index in [1.807, 2.05) is 0 Å². The molecule has 0 radical (unpaired) electrons. The Hall–Kier alpha value is -1.63. The second-order valence-corrected chi connectivity index (χ2v) is 4.40. The van der Waals surface area contributed by atoms with Gasteiger partial charge in [0.1, 0.15) is 0 Å². The molecule has 18 heavy (non-hydrogen) atoms. The van der Waals surface area contributed by atoms with Gasteiger partial charge in [0.05, 0.1) is 14.2 Å². The summed E-state index contributed by atoms with van der Waals surface area (Å²) in [7, 11) is 2.98. The number of ether oxygens (including phenoxy) is 2. The van der Waals surface area contributed by atoms with Crippen molar-refractivity contribution in [1.29, 1.82) is 0 Å². The maximum Gasteiger partial charge on any atom is 0.324 e. The summed E-state index contributed by atoms with van der Waals surface area (Å²) in [5.74, 6) is 0.960. The lowest BCUT2D eigenvalue weighted by Gasteiger charge is -2.14. The van der Waals surface area contributed by atoms with E-state index in [9.17, 15) is 0 Å². The summed E-state index contributed by atoms with van der Waals surface area (Å²) in [6.45, 7) is 4.86. The molecule has 0 aliphatic rings. The van der Waals surface area contributed by atoms with Crippen LogP contribution >= 0.6 is 0 Å². The van der Waals surface area contributed by atoms with Crippen LogP contribution in [-0.4, -0.2) is 41.8 Å². The molecule has 0 amide bonds. The summed E-state index contributed by atoms with van der Waals surface area (Å²) in [4.78, 5) is 12.0. The van der Waals surface area contributed by atoms with E-state index >= 15 is 0 Å². The predicted molar refractivity (Wildman–Crippen MR) is 68.9 cm³/mol. The fourth-order valence-electron chi connectivity index (χ4n) is 1.51. The smallest absolute Gasteiger partial charge is 0.324 e. The van der Waals surface area contributed by atoms with Crippen molar-refractivity contribution < 1.29 is 9.47 Å². The molecule has 0 bridgehead atoms. The van der Waals surface area contributed by atoms with Crippen molar-refractivity contribution in [1.82, 2.24) is 15.0 Å². The first-order valence-corrected chi connectivity index (χ1v) is 5.88. The van der Waals surface area contributed by atoms with Crippen LogP contribution in [0.15, 0.2) is 0 Å². The lowest BCUT2D eigenvalue weighted by molar-refractivity contribution is 0.341. The van der Waals surface area contributed by atoms with E-state index in [4.69, 9.17) is 15.2 Å². The van der Waals surface area contributed by atoms with Crippen LogP contribution in [-0.2, 0) is 0 Å². The molecular formula is C11H21N5O2. The summed E-state index contributed by atoms with van der Waals surface area (Å²) < 4.78 is 9.91. The summed E-state index contributed by atoms with van der Waals surface area (Å²) in [5, 5.41) is 3.05. The van der Waals surface area contributed by atoms with Crippen molar-refractivity contribution in [3.8, 4) is 12.0 Å². The minimum Gasteiger partial charge on any atom is -0.467 e. The third-order valence-electron chi connectivity index (χ3n) is 2.26. The summed E-state index contributed by atoms with van der Waals surface area (Å²) >= 11 is 0. The zero-order valence-corrected chi connectivity index (χ0v) is 11.3. The second-order valence-electron chi connectivity index (χ2n) is 4.40. The number of hydrogen-bond donors (Lipinski definition) is 2. The number of anilines is 1. The van der Waals surface area contributed by atoms with Gasteiger partial charge in [0.2, 0.25) is 5.95 Å².